The average Bonchev–Trinajstić information content (AvgIpc) is 3.32. The predicted octanol–water partition coefficient (Wildman–Crippen LogP) is 3.98. The highest BCUT2D eigenvalue weighted by Crippen LogP contribution is 2.35. The van der Waals surface area contributed by atoms with E-state index in [1.165, 1.54) is 6.92 Å². The van der Waals surface area contributed by atoms with Crippen molar-refractivity contribution < 1.29 is 14.3 Å². The van der Waals surface area contributed by atoms with E-state index in [9.17, 15) is 4.79 Å². The summed E-state index contributed by atoms with van der Waals surface area (Å²) in [7, 11) is 1.70. The van der Waals surface area contributed by atoms with Crippen molar-refractivity contribution in [2.45, 2.75) is 32.8 Å². The van der Waals surface area contributed by atoms with E-state index >= 15 is 0 Å². The minimum absolute atomic E-state index is 0.167. The summed E-state index contributed by atoms with van der Waals surface area (Å²) in [6.07, 6.45) is 4.54. The first-order chi connectivity index (χ1) is 14.3. The Bertz CT molecular complexity index is 1140. The van der Waals surface area contributed by atoms with Gasteiger partial charge in [0.15, 0.2) is 0 Å². The van der Waals surface area contributed by atoms with Gasteiger partial charge < -0.3 is 19.4 Å². The van der Waals surface area contributed by atoms with E-state index in [-0.39, 0.29) is 5.91 Å². The van der Waals surface area contributed by atoms with Gasteiger partial charge in [-0.15, -0.1) is 0 Å². The van der Waals surface area contributed by atoms with Crippen LogP contribution in [0.2, 0.25) is 0 Å². The minimum atomic E-state index is -0.538. The average molecular weight is 406 g/mol. The normalized spacial score (nSPS) is 18.7. The maximum Gasteiger partial charge on any atom is 0.222 e. The molecule has 156 valence electrons. The van der Waals surface area contributed by atoms with E-state index in [2.05, 4.69) is 22.9 Å². The van der Waals surface area contributed by atoms with Gasteiger partial charge in [0, 0.05) is 56.5 Å². The van der Waals surface area contributed by atoms with Crippen LogP contribution in [0.3, 0.4) is 0 Å². The fraction of sp³-hybridized carbons (Fsp3) is 0.348. The van der Waals surface area contributed by atoms with Crippen LogP contribution >= 0.6 is 0 Å². The van der Waals surface area contributed by atoms with E-state index in [1.807, 2.05) is 36.7 Å². The molecule has 0 saturated carbocycles. The number of allylic oxidation sites excluding steroid dienone is 1. The van der Waals surface area contributed by atoms with Crippen LogP contribution in [0, 0.1) is 6.92 Å². The summed E-state index contributed by atoms with van der Waals surface area (Å²) in [5.74, 6) is 1.10. The molecule has 0 aliphatic carbocycles. The molecule has 4 heterocycles. The number of ether oxygens (including phenoxy) is 2. The lowest BCUT2D eigenvalue weighted by Crippen LogP contribution is -2.30. The molecule has 1 aliphatic heterocycles. The van der Waals surface area contributed by atoms with Gasteiger partial charge in [-0.25, -0.2) is 9.97 Å². The highest BCUT2D eigenvalue weighted by atomic mass is 16.5. The topological polar surface area (TPSA) is 78.3 Å². The molecule has 3 aromatic rings. The third-order valence-corrected chi connectivity index (χ3v) is 5.50. The van der Waals surface area contributed by atoms with Crippen LogP contribution in [0.25, 0.3) is 22.3 Å². The first kappa shape index (κ1) is 20.3. The van der Waals surface area contributed by atoms with E-state index in [0.717, 1.165) is 45.5 Å². The van der Waals surface area contributed by atoms with Gasteiger partial charge in [0.2, 0.25) is 5.91 Å². The van der Waals surface area contributed by atoms with Crippen molar-refractivity contribution in [2.75, 3.05) is 25.6 Å². The van der Waals surface area contributed by atoms with Gasteiger partial charge in [-0.3, -0.25) is 4.79 Å². The molecule has 1 aliphatic rings. The van der Waals surface area contributed by atoms with Crippen molar-refractivity contribution >= 4 is 28.2 Å². The molecule has 1 fully saturated rings. The third kappa shape index (κ3) is 3.51. The zero-order valence-corrected chi connectivity index (χ0v) is 17.8. The molecule has 0 aromatic carbocycles. The van der Waals surface area contributed by atoms with Crippen molar-refractivity contribution in [2.24, 2.45) is 0 Å². The van der Waals surface area contributed by atoms with Crippen molar-refractivity contribution in [1.82, 2.24) is 14.5 Å². The maximum absolute atomic E-state index is 11.5. The Balaban J connectivity index is 1.92. The molecule has 7 heteroatoms. The molecule has 7 nitrogen and oxygen atoms in total. The number of fused-ring (bicyclic) bond motifs is 1. The summed E-state index contributed by atoms with van der Waals surface area (Å²) in [5, 5.41) is 3.71. The van der Waals surface area contributed by atoms with E-state index in [0.29, 0.717) is 19.0 Å². The smallest absolute Gasteiger partial charge is 0.222 e. The van der Waals surface area contributed by atoms with Crippen LogP contribution in [-0.4, -0.2) is 40.8 Å². The van der Waals surface area contributed by atoms with Gasteiger partial charge in [-0.1, -0.05) is 6.58 Å². The molecule has 30 heavy (non-hydrogen) atoms. The second-order valence-corrected chi connectivity index (χ2v) is 7.85. The number of carbonyl (C=O) groups excluding carboxylic acids is 1. The molecule has 1 unspecified atom stereocenters. The molecule has 1 amide bonds. The van der Waals surface area contributed by atoms with E-state index < -0.39 is 5.60 Å². The predicted molar refractivity (Wildman–Crippen MR) is 117 cm³/mol. The standard InChI is InChI=1S/C23H26N4O3/c1-14(2)18-12-27(19-10-21(25-16(4)28)24-11-17(18)19)22-9-15(3)8-20(26-22)23(29-5)6-7-30-13-23/h8-12H,1,6-7,13H2,2-5H3,(H,24,25,28). The lowest BCUT2D eigenvalue weighted by molar-refractivity contribution is -0.114. The summed E-state index contributed by atoms with van der Waals surface area (Å²) in [6.45, 7) is 10.7. The number of aromatic nitrogens is 3. The number of aryl methyl sites for hydroxylation is 1. The summed E-state index contributed by atoms with van der Waals surface area (Å²) < 4.78 is 13.5. The summed E-state index contributed by atoms with van der Waals surface area (Å²) in [4.78, 5) is 20.9. The molecule has 0 bridgehead atoms. The first-order valence-corrected chi connectivity index (χ1v) is 9.90. The highest BCUT2D eigenvalue weighted by molar-refractivity contribution is 5.96. The summed E-state index contributed by atoms with van der Waals surface area (Å²) >= 11 is 0. The molecule has 3 aromatic heterocycles. The van der Waals surface area contributed by atoms with Gasteiger partial charge in [-0.05, 0) is 37.1 Å². The van der Waals surface area contributed by atoms with Gasteiger partial charge >= 0.3 is 0 Å². The Morgan fingerprint density at radius 3 is 2.77 bits per heavy atom. The van der Waals surface area contributed by atoms with Gasteiger partial charge in [-0.2, -0.15) is 0 Å². The Hall–Kier alpha value is -3.03. The van der Waals surface area contributed by atoms with Crippen molar-refractivity contribution in [3.63, 3.8) is 0 Å². The van der Waals surface area contributed by atoms with Crippen molar-refractivity contribution in [3.05, 3.63) is 54.0 Å². The maximum atomic E-state index is 11.5. The molecular formula is C23H26N4O3. The summed E-state index contributed by atoms with van der Waals surface area (Å²) in [5.41, 5.74) is 4.20. The SMILES string of the molecule is C=C(C)c1cn(-c2cc(C)cc(C3(OC)CCOC3)n2)c2cc(NC(C)=O)ncc12. The quantitative estimate of drug-likeness (QED) is 0.693. The number of hydrogen-bond donors (Lipinski definition) is 1. The van der Waals surface area contributed by atoms with E-state index in [1.54, 1.807) is 13.3 Å². The van der Waals surface area contributed by atoms with Crippen LogP contribution in [0.4, 0.5) is 5.82 Å². The number of rotatable bonds is 5. The second kappa shape index (κ2) is 7.66. The molecule has 0 radical (unpaired) electrons. The number of nitrogens with zero attached hydrogens (tertiary/aromatic N) is 3. The van der Waals surface area contributed by atoms with Gasteiger partial charge in [0.25, 0.3) is 0 Å². The fourth-order valence-corrected chi connectivity index (χ4v) is 3.92. The number of hydrogen-bond acceptors (Lipinski definition) is 5. The van der Waals surface area contributed by atoms with Crippen LogP contribution in [0.1, 0.15) is 37.1 Å². The van der Waals surface area contributed by atoms with Crippen LogP contribution in [0.15, 0.2) is 37.2 Å². The number of nitrogens with one attached hydrogen (secondary N) is 1. The minimum Gasteiger partial charge on any atom is -0.378 e. The molecule has 0 spiro atoms. The van der Waals surface area contributed by atoms with Crippen LogP contribution in [-0.2, 0) is 19.9 Å². The number of pyridine rings is 2. The third-order valence-electron chi connectivity index (χ3n) is 5.50. The first-order valence-electron chi connectivity index (χ1n) is 9.90. The molecular weight excluding hydrogens is 380 g/mol. The number of amides is 1. The Morgan fingerprint density at radius 2 is 2.13 bits per heavy atom. The lowest BCUT2D eigenvalue weighted by Gasteiger charge is -2.26. The summed E-state index contributed by atoms with van der Waals surface area (Å²) in [6, 6.07) is 5.94. The number of anilines is 1. The molecule has 4 rings (SSSR count). The van der Waals surface area contributed by atoms with Crippen molar-refractivity contribution in [1.29, 1.82) is 0 Å². The monoisotopic (exact) mass is 406 g/mol. The lowest BCUT2D eigenvalue weighted by atomic mass is 9.97. The largest absolute Gasteiger partial charge is 0.378 e. The van der Waals surface area contributed by atoms with Gasteiger partial charge in [0.05, 0.1) is 17.8 Å². The van der Waals surface area contributed by atoms with Gasteiger partial charge in [0.1, 0.15) is 17.2 Å². The zero-order valence-electron chi connectivity index (χ0n) is 17.8. The molecule has 1 saturated heterocycles. The highest BCUT2D eigenvalue weighted by Gasteiger charge is 2.38. The van der Waals surface area contributed by atoms with Crippen molar-refractivity contribution in [3.8, 4) is 5.82 Å². The fourth-order valence-electron chi connectivity index (χ4n) is 3.92. The number of carbonyl (C=O) groups is 1. The molecule has 1 atom stereocenters. The number of methoxy groups -OCH3 is 1. The Morgan fingerprint density at radius 1 is 1.33 bits per heavy atom. The second-order valence-electron chi connectivity index (χ2n) is 7.85. The Kier molecular flexibility index (Phi) is 5.17. The zero-order chi connectivity index (χ0) is 21.5. The van der Waals surface area contributed by atoms with E-state index in [4.69, 9.17) is 14.5 Å². The molecule has 1 N–H and O–H groups in total. The van der Waals surface area contributed by atoms with Crippen LogP contribution < -0.4 is 5.32 Å². The van der Waals surface area contributed by atoms with Crippen LogP contribution in [0.5, 0.6) is 0 Å². The Labute approximate surface area is 175 Å².